The van der Waals surface area contributed by atoms with E-state index in [1.807, 2.05) is 23.9 Å². The molecule has 3 aromatic rings. The van der Waals surface area contributed by atoms with Crippen LogP contribution in [0.4, 0.5) is 0 Å². The van der Waals surface area contributed by atoms with E-state index in [9.17, 15) is 0 Å². The van der Waals surface area contributed by atoms with Crippen molar-refractivity contribution in [2.45, 2.75) is 53.1 Å². The summed E-state index contributed by atoms with van der Waals surface area (Å²) in [6.07, 6.45) is 2.89. The number of rotatable bonds is 4. The number of aryl methyl sites for hydroxylation is 2. The Hall–Kier alpha value is -2.54. The maximum Gasteiger partial charge on any atom is 0.276 e. The highest BCUT2D eigenvalue weighted by Gasteiger charge is 2.23. The molecule has 0 bridgehead atoms. The maximum absolute atomic E-state index is 5.62. The van der Waals surface area contributed by atoms with Crippen LogP contribution < -0.4 is 5.32 Å². The average Bonchev–Trinajstić information content (AvgIpc) is 3.28. The Kier molecular flexibility index (Phi) is 4.32. The van der Waals surface area contributed by atoms with E-state index in [1.165, 1.54) is 11.1 Å². The molecule has 0 saturated carbocycles. The lowest BCUT2D eigenvalue weighted by molar-refractivity contribution is 0.427. The molecule has 136 valence electrons. The molecular weight excluding hydrogens is 328 g/mol. The Morgan fingerprint density at radius 1 is 1.35 bits per heavy atom. The number of nitrogens with zero attached hydrogens (tertiary/aromatic N) is 5. The molecule has 0 spiro atoms. The van der Waals surface area contributed by atoms with E-state index in [0.29, 0.717) is 17.6 Å². The van der Waals surface area contributed by atoms with Crippen LogP contribution in [0.3, 0.4) is 0 Å². The lowest BCUT2D eigenvalue weighted by atomic mass is 9.95. The Bertz CT molecular complexity index is 940. The van der Waals surface area contributed by atoms with Gasteiger partial charge in [-0.1, -0.05) is 19.0 Å². The van der Waals surface area contributed by atoms with Crippen molar-refractivity contribution in [2.75, 3.05) is 6.54 Å². The van der Waals surface area contributed by atoms with E-state index < -0.39 is 0 Å². The molecule has 4 heterocycles. The first-order valence-electron chi connectivity index (χ1n) is 9.18. The number of hydrogen-bond donors (Lipinski definition) is 1. The molecule has 4 rings (SSSR count). The minimum atomic E-state index is 0.351. The highest BCUT2D eigenvalue weighted by Crippen LogP contribution is 2.31. The third-order valence-corrected chi connectivity index (χ3v) is 4.89. The lowest BCUT2D eigenvalue weighted by Crippen LogP contribution is -2.24. The van der Waals surface area contributed by atoms with Gasteiger partial charge < -0.3 is 9.84 Å². The minimum absolute atomic E-state index is 0.351. The second kappa shape index (κ2) is 6.64. The van der Waals surface area contributed by atoms with Gasteiger partial charge in [0.15, 0.2) is 0 Å². The fourth-order valence-electron chi connectivity index (χ4n) is 3.43. The van der Waals surface area contributed by atoms with Crippen molar-refractivity contribution in [2.24, 2.45) is 0 Å². The first kappa shape index (κ1) is 16.9. The largest absolute Gasteiger partial charge is 0.332 e. The van der Waals surface area contributed by atoms with Crippen LogP contribution in [0.2, 0.25) is 0 Å². The molecular formula is C19H24N6O. The van der Waals surface area contributed by atoms with Gasteiger partial charge in [0.25, 0.3) is 5.89 Å². The zero-order valence-electron chi connectivity index (χ0n) is 15.7. The topological polar surface area (TPSA) is 81.7 Å². The Balaban J connectivity index is 1.79. The number of pyridine rings is 1. The van der Waals surface area contributed by atoms with Crippen LogP contribution >= 0.6 is 0 Å². The minimum Gasteiger partial charge on any atom is -0.332 e. The van der Waals surface area contributed by atoms with Gasteiger partial charge in [0.2, 0.25) is 5.82 Å². The van der Waals surface area contributed by atoms with Crippen molar-refractivity contribution in [3.05, 3.63) is 34.8 Å². The molecule has 0 unspecified atom stereocenters. The van der Waals surface area contributed by atoms with Crippen LogP contribution in [-0.2, 0) is 19.5 Å². The first-order valence-corrected chi connectivity index (χ1v) is 9.18. The van der Waals surface area contributed by atoms with Gasteiger partial charge in [-0.15, -0.1) is 0 Å². The normalized spacial score (nSPS) is 14.0. The van der Waals surface area contributed by atoms with Gasteiger partial charge in [-0.3, -0.25) is 9.67 Å². The van der Waals surface area contributed by atoms with Gasteiger partial charge in [0.05, 0.1) is 5.69 Å². The molecule has 0 fully saturated rings. The van der Waals surface area contributed by atoms with Crippen molar-refractivity contribution in [3.8, 4) is 23.0 Å². The van der Waals surface area contributed by atoms with Crippen molar-refractivity contribution in [1.29, 1.82) is 0 Å². The highest BCUT2D eigenvalue weighted by atomic mass is 16.5. The zero-order chi connectivity index (χ0) is 18.3. The van der Waals surface area contributed by atoms with E-state index >= 15 is 0 Å². The van der Waals surface area contributed by atoms with E-state index in [4.69, 9.17) is 9.51 Å². The highest BCUT2D eigenvalue weighted by molar-refractivity contribution is 5.66. The molecule has 0 atom stereocenters. The zero-order valence-corrected chi connectivity index (χ0v) is 15.7. The molecule has 26 heavy (non-hydrogen) atoms. The van der Waals surface area contributed by atoms with Crippen LogP contribution in [0, 0.1) is 6.92 Å². The van der Waals surface area contributed by atoms with Crippen molar-refractivity contribution < 1.29 is 4.52 Å². The SMILES string of the molecule is CCn1nc(C(C)C)cc1-c1nc(-c2c(C)ncc3c2CCNC3)no1. The van der Waals surface area contributed by atoms with Crippen LogP contribution in [0.1, 0.15) is 49.2 Å². The number of hydrogen-bond acceptors (Lipinski definition) is 6. The summed E-state index contributed by atoms with van der Waals surface area (Å²) < 4.78 is 7.54. The van der Waals surface area contributed by atoms with E-state index in [0.717, 1.165) is 48.7 Å². The van der Waals surface area contributed by atoms with Crippen LogP contribution in [0.25, 0.3) is 23.0 Å². The average molecular weight is 352 g/mol. The smallest absolute Gasteiger partial charge is 0.276 e. The molecule has 0 radical (unpaired) electrons. The van der Waals surface area contributed by atoms with Crippen molar-refractivity contribution in [3.63, 3.8) is 0 Å². The summed E-state index contributed by atoms with van der Waals surface area (Å²) in [5.74, 6) is 1.47. The molecule has 0 amide bonds. The number of aromatic nitrogens is 5. The standard InChI is InChI=1S/C19H24N6O/c1-5-25-16(8-15(23-25)11(2)3)19-22-18(24-26-19)17-12(4)21-10-13-9-20-7-6-14(13)17/h8,10-11,20H,5-7,9H2,1-4H3. The van der Waals surface area contributed by atoms with Gasteiger partial charge in [-0.05, 0) is 49.9 Å². The van der Waals surface area contributed by atoms with Crippen molar-refractivity contribution in [1.82, 2.24) is 30.2 Å². The van der Waals surface area contributed by atoms with Crippen LogP contribution in [-0.4, -0.2) is 31.4 Å². The predicted molar refractivity (Wildman–Crippen MR) is 98.7 cm³/mol. The van der Waals surface area contributed by atoms with Gasteiger partial charge in [-0.2, -0.15) is 10.1 Å². The summed E-state index contributed by atoms with van der Waals surface area (Å²) in [7, 11) is 0. The van der Waals surface area contributed by atoms with E-state index in [1.54, 1.807) is 0 Å². The molecule has 7 nitrogen and oxygen atoms in total. The third-order valence-electron chi connectivity index (χ3n) is 4.89. The summed E-state index contributed by atoms with van der Waals surface area (Å²) >= 11 is 0. The van der Waals surface area contributed by atoms with Crippen molar-refractivity contribution >= 4 is 0 Å². The quantitative estimate of drug-likeness (QED) is 0.777. The fraction of sp³-hybridized carbons (Fsp3) is 0.474. The predicted octanol–water partition coefficient (Wildman–Crippen LogP) is 3.09. The van der Waals surface area contributed by atoms with Gasteiger partial charge in [-0.25, -0.2) is 0 Å². The second-order valence-electron chi connectivity index (χ2n) is 7.00. The third kappa shape index (κ3) is 2.82. The molecule has 1 N–H and O–H groups in total. The Morgan fingerprint density at radius 3 is 2.96 bits per heavy atom. The summed E-state index contributed by atoms with van der Waals surface area (Å²) in [4.78, 5) is 9.23. The van der Waals surface area contributed by atoms with Gasteiger partial charge >= 0.3 is 0 Å². The monoisotopic (exact) mass is 352 g/mol. The number of nitrogens with one attached hydrogen (secondary N) is 1. The molecule has 1 aliphatic rings. The summed E-state index contributed by atoms with van der Waals surface area (Å²) in [6, 6.07) is 2.04. The molecule has 0 aliphatic carbocycles. The Morgan fingerprint density at radius 2 is 2.19 bits per heavy atom. The summed E-state index contributed by atoms with van der Waals surface area (Å²) in [5, 5.41) is 12.3. The first-order chi connectivity index (χ1) is 12.6. The van der Waals surface area contributed by atoms with E-state index in [-0.39, 0.29) is 0 Å². The molecule has 1 aliphatic heterocycles. The maximum atomic E-state index is 5.62. The van der Waals surface area contributed by atoms with Crippen LogP contribution in [0.5, 0.6) is 0 Å². The molecule has 0 aromatic carbocycles. The Labute approximate surface area is 152 Å². The second-order valence-corrected chi connectivity index (χ2v) is 7.00. The molecule has 0 saturated heterocycles. The molecule has 7 heteroatoms. The summed E-state index contributed by atoms with van der Waals surface area (Å²) in [6.45, 7) is 10.9. The van der Waals surface area contributed by atoms with Gasteiger partial charge in [0.1, 0.15) is 5.69 Å². The summed E-state index contributed by atoms with van der Waals surface area (Å²) in [5.41, 5.74) is 6.32. The fourth-order valence-corrected chi connectivity index (χ4v) is 3.43. The van der Waals surface area contributed by atoms with Crippen LogP contribution in [0.15, 0.2) is 16.8 Å². The lowest BCUT2D eigenvalue weighted by Gasteiger charge is -2.19. The van der Waals surface area contributed by atoms with E-state index in [2.05, 4.69) is 41.3 Å². The number of fused-ring (bicyclic) bond motifs is 1. The molecule has 3 aromatic heterocycles. The van der Waals surface area contributed by atoms with Gasteiger partial charge in [0, 0.05) is 30.5 Å².